The van der Waals surface area contributed by atoms with E-state index in [-0.39, 0.29) is 24.6 Å². The lowest BCUT2D eigenvalue weighted by Gasteiger charge is -2.10. The Balaban J connectivity index is 1.67. The Bertz CT molecular complexity index is 997. The predicted octanol–water partition coefficient (Wildman–Crippen LogP) is 1.84. The number of carbonyl (C=O) groups is 1. The third-order valence-corrected chi connectivity index (χ3v) is 4.02. The van der Waals surface area contributed by atoms with Crippen molar-refractivity contribution in [2.45, 2.75) is 6.54 Å². The molecule has 134 valence electrons. The van der Waals surface area contributed by atoms with Gasteiger partial charge < -0.3 is 14.8 Å². The first-order valence-electron chi connectivity index (χ1n) is 8.09. The number of aromatic nitrogens is 2. The minimum Gasteiger partial charge on any atom is -0.493 e. The van der Waals surface area contributed by atoms with Gasteiger partial charge in [-0.25, -0.2) is 4.68 Å². The van der Waals surface area contributed by atoms with E-state index < -0.39 is 0 Å². The van der Waals surface area contributed by atoms with Gasteiger partial charge in [-0.05, 0) is 24.3 Å². The van der Waals surface area contributed by atoms with Crippen LogP contribution in [0.15, 0.2) is 53.5 Å². The van der Waals surface area contributed by atoms with E-state index in [0.29, 0.717) is 22.4 Å². The summed E-state index contributed by atoms with van der Waals surface area (Å²) in [5.74, 6) is 0.767. The predicted molar refractivity (Wildman–Crippen MR) is 97.9 cm³/mol. The molecule has 1 heterocycles. The van der Waals surface area contributed by atoms with E-state index in [1.165, 1.54) is 18.9 Å². The molecule has 0 radical (unpaired) electrons. The fraction of sp³-hybridized carbons (Fsp3) is 0.211. The van der Waals surface area contributed by atoms with Crippen LogP contribution in [-0.4, -0.2) is 36.5 Å². The standard InChI is InChI=1S/C19H19N3O4/c1-25-16-8-7-13(11-17(16)26-2)18(23)20-9-10-22-19(24)15-6-4-3-5-14(15)12-21-22/h3-8,11-12H,9-10H2,1-2H3,(H,20,23). The van der Waals surface area contributed by atoms with Crippen molar-refractivity contribution in [2.24, 2.45) is 0 Å². The number of hydrogen-bond donors (Lipinski definition) is 1. The van der Waals surface area contributed by atoms with Crippen molar-refractivity contribution in [3.63, 3.8) is 0 Å². The number of methoxy groups -OCH3 is 2. The maximum Gasteiger partial charge on any atom is 0.274 e. The zero-order valence-corrected chi connectivity index (χ0v) is 14.6. The molecule has 0 aliphatic heterocycles. The molecule has 0 spiro atoms. The largest absolute Gasteiger partial charge is 0.493 e. The van der Waals surface area contributed by atoms with Crippen LogP contribution in [0.1, 0.15) is 10.4 Å². The molecule has 26 heavy (non-hydrogen) atoms. The topological polar surface area (TPSA) is 82.5 Å². The number of nitrogens with zero attached hydrogens (tertiary/aromatic N) is 2. The van der Waals surface area contributed by atoms with Gasteiger partial charge in [0.05, 0.1) is 32.3 Å². The molecule has 0 saturated heterocycles. The normalized spacial score (nSPS) is 10.5. The number of amides is 1. The summed E-state index contributed by atoms with van der Waals surface area (Å²) in [6.07, 6.45) is 1.65. The molecule has 1 aromatic heterocycles. The summed E-state index contributed by atoms with van der Waals surface area (Å²) in [6, 6.07) is 12.2. The van der Waals surface area contributed by atoms with Gasteiger partial charge in [0.2, 0.25) is 0 Å². The first-order chi connectivity index (χ1) is 12.6. The van der Waals surface area contributed by atoms with Crippen LogP contribution < -0.4 is 20.3 Å². The Morgan fingerprint density at radius 3 is 2.65 bits per heavy atom. The molecule has 3 rings (SSSR count). The van der Waals surface area contributed by atoms with Crippen LogP contribution in [0.4, 0.5) is 0 Å². The highest BCUT2D eigenvalue weighted by Gasteiger charge is 2.11. The molecule has 0 aliphatic rings. The number of fused-ring (bicyclic) bond motifs is 1. The molecular formula is C19H19N3O4. The maximum atomic E-state index is 12.4. The van der Waals surface area contributed by atoms with E-state index in [2.05, 4.69) is 10.4 Å². The van der Waals surface area contributed by atoms with Gasteiger partial charge in [0, 0.05) is 17.5 Å². The lowest BCUT2D eigenvalue weighted by atomic mass is 10.2. The van der Waals surface area contributed by atoms with Crippen molar-refractivity contribution in [3.8, 4) is 11.5 Å². The average molecular weight is 353 g/mol. The Hall–Kier alpha value is -3.35. The first-order valence-corrected chi connectivity index (χ1v) is 8.09. The monoisotopic (exact) mass is 353 g/mol. The Kier molecular flexibility index (Phi) is 5.17. The van der Waals surface area contributed by atoms with Gasteiger partial charge >= 0.3 is 0 Å². The van der Waals surface area contributed by atoms with E-state index in [4.69, 9.17) is 9.47 Å². The van der Waals surface area contributed by atoms with Crippen LogP contribution in [0, 0.1) is 0 Å². The van der Waals surface area contributed by atoms with Crippen molar-refractivity contribution in [2.75, 3.05) is 20.8 Å². The summed E-state index contributed by atoms with van der Waals surface area (Å²) < 4.78 is 11.7. The molecule has 2 aromatic carbocycles. The number of carbonyl (C=O) groups excluding carboxylic acids is 1. The van der Waals surface area contributed by atoms with Crippen LogP contribution in [0.25, 0.3) is 10.8 Å². The lowest BCUT2D eigenvalue weighted by molar-refractivity contribution is 0.0951. The number of ether oxygens (including phenoxy) is 2. The Morgan fingerprint density at radius 2 is 1.88 bits per heavy atom. The Labute approximate surface area is 150 Å². The molecule has 1 amide bonds. The molecule has 7 heteroatoms. The molecule has 0 atom stereocenters. The molecule has 7 nitrogen and oxygen atoms in total. The van der Waals surface area contributed by atoms with Crippen molar-refractivity contribution in [1.82, 2.24) is 15.1 Å². The van der Waals surface area contributed by atoms with Crippen molar-refractivity contribution >= 4 is 16.7 Å². The van der Waals surface area contributed by atoms with E-state index in [0.717, 1.165) is 5.39 Å². The van der Waals surface area contributed by atoms with Gasteiger partial charge in [-0.3, -0.25) is 9.59 Å². The maximum absolute atomic E-state index is 12.4. The third-order valence-electron chi connectivity index (χ3n) is 4.02. The molecule has 0 unspecified atom stereocenters. The average Bonchev–Trinajstić information content (AvgIpc) is 2.69. The van der Waals surface area contributed by atoms with Crippen LogP contribution in [0.2, 0.25) is 0 Å². The van der Waals surface area contributed by atoms with Gasteiger partial charge in [0.15, 0.2) is 11.5 Å². The van der Waals surface area contributed by atoms with Crippen LogP contribution in [0.3, 0.4) is 0 Å². The van der Waals surface area contributed by atoms with Gasteiger partial charge in [0.25, 0.3) is 11.5 Å². The second-order valence-corrected chi connectivity index (χ2v) is 5.59. The lowest BCUT2D eigenvalue weighted by Crippen LogP contribution is -2.32. The number of rotatable bonds is 6. The molecule has 0 bridgehead atoms. The highest BCUT2D eigenvalue weighted by molar-refractivity contribution is 5.94. The second kappa shape index (κ2) is 7.69. The number of hydrogen-bond acceptors (Lipinski definition) is 5. The summed E-state index contributed by atoms with van der Waals surface area (Å²) in [5, 5.41) is 8.32. The molecule has 1 N–H and O–H groups in total. The fourth-order valence-corrected chi connectivity index (χ4v) is 2.64. The SMILES string of the molecule is COc1ccc(C(=O)NCCn2ncc3ccccc3c2=O)cc1OC. The van der Waals surface area contributed by atoms with E-state index in [1.807, 2.05) is 18.2 Å². The van der Waals surface area contributed by atoms with Crippen LogP contribution in [0.5, 0.6) is 11.5 Å². The summed E-state index contributed by atoms with van der Waals surface area (Å²) in [6.45, 7) is 0.557. The van der Waals surface area contributed by atoms with E-state index >= 15 is 0 Å². The summed E-state index contributed by atoms with van der Waals surface area (Å²) >= 11 is 0. The van der Waals surface area contributed by atoms with Crippen molar-refractivity contribution < 1.29 is 14.3 Å². The van der Waals surface area contributed by atoms with Crippen molar-refractivity contribution in [1.29, 1.82) is 0 Å². The molecule has 3 aromatic rings. The fourth-order valence-electron chi connectivity index (χ4n) is 2.64. The molecule has 0 fully saturated rings. The van der Waals surface area contributed by atoms with Gasteiger partial charge in [-0.1, -0.05) is 18.2 Å². The van der Waals surface area contributed by atoms with Gasteiger partial charge in [0.1, 0.15) is 0 Å². The highest BCUT2D eigenvalue weighted by Crippen LogP contribution is 2.27. The third kappa shape index (κ3) is 3.51. The zero-order chi connectivity index (χ0) is 18.5. The molecule has 0 saturated carbocycles. The van der Waals surface area contributed by atoms with E-state index in [1.54, 1.807) is 30.5 Å². The molecule has 0 aliphatic carbocycles. The number of benzene rings is 2. The summed E-state index contributed by atoms with van der Waals surface area (Å²) in [7, 11) is 3.04. The molecular weight excluding hydrogens is 334 g/mol. The van der Waals surface area contributed by atoms with Crippen LogP contribution >= 0.6 is 0 Å². The quantitative estimate of drug-likeness (QED) is 0.731. The minimum absolute atomic E-state index is 0.177. The zero-order valence-electron chi connectivity index (χ0n) is 14.6. The van der Waals surface area contributed by atoms with Crippen molar-refractivity contribution in [3.05, 3.63) is 64.6 Å². The first kappa shape index (κ1) is 17.5. The van der Waals surface area contributed by atoms with E-state index in [9.17, 15) is 9.59 Å². The Morgan fingerprint density at radius 1 is 1.12 bits per heavy atom. The minimum atomic E-state index is -0.264. The van der Waals surface area contributed by atoms with Crippen LogP contribution in [-0.2, 0) is 6.54 Å². The van der Waals surface area contributed by atoms with Gasteiger partial charge in [-0.15, -0.1) is 0 Å². The number of nitrogens with one attached hydrogen (secondary N) is 1. The summed E-state index contributed by atoms with van der Waals surface area (Å²) in [4.78, 5) is 24.7. The smallest absolute Gasteiger partial charge is 0.274 e. The highest BCUT2D eigenvalue weighted by atomic mass is 16.5. The summed E-state index contributed by atoms with van der Waals surface area (Å²) in [5.41, 5.74) is 0.268. The van der Waals surface area contributed by atoms with Gasteiger partial charge in [-0.2, -0.15) is 5.10 Å². The second-order valence-electron chi connectivity index (χ2n) is 5.59.